The van der Waals surface area contributed by atoms with Gasteiger partial charge in [-0.2, -0.15) is 0 Å². The van der Waals surface area contributed by atoms with Gasteiger partial charge in [-0.1, -0.05) is 0 Å². The molecule has 0 aliphatic heterocycles. The maximum absolute atomic E-state index is 13.2. The highest BCUT2D eigenvalue weighted by atomic mass is 79.9. The SMILES string of the molecule is O=Cc1c(F)cc(Br)c2sccc12. The quantitative estimate of drug-likeness (QED) is 0.715. The van der Waals surface area contributed by atoms with Crippen LogP contribution in [0.15, 0.2) is 22.0 Å². The molecule has 0 bridgehead atoms. The lowest BCUT2D eigenvalue weighted by atomic mass is 10.1. The summed E-state index contributed by atoms with van der Waals surface area (Å²) < 4.78 is 14.8. The summed E-state index contributed by atoms with van der Waals surface area (Å²) in [6.07, 6.45) is 0.552. The van der Waals surface area contributed by atoms with Gasteiger partial charge in [-0.3, -0.25) is 4.79 Å². The smallest absolute Gasteiger partial charge is 0.153 e. The van der Waals surface area contributed by atoms with Crippen molar-refractivity contribution in [1.82, 2.24) is 0 Å². The highest BCUT2D eigenvalue weighted by Crippen LogP contribution is 2.32. The number of carbonyl (C=O) groups excluding carboxylic acids is 1. The van der Waals surface area contributed by atoms with Crippen molar-refractivity contribution in [3.8, 4) is 0 Å². The number of benzene rings is 1. The fourth-order valence-electron chi connectivity index (χ4n) is 1.21. The van der Waals surface area contributed by atoms with E-state index in [0.29, 0.717) is 16.1 Å². The summed E-state index contributed by atoms with van der Waals surface area (Å²) in [7, 11) is 0. The molecule has 66 valence electrons. The van der Waals surface area contributed by atoms with Gasteiger partial charge in [0.1, 0.15) is 5.82 Å². The van der Waals surface area contributed by atoms with Gasteiger partial charge in [0.25, 0.3) is 0 Å². The van der Waals surface area contributed by atoms with Crippen LogP contribution in [0.3, 0.4) is 0 Å². The molecule has 0 saturated heterocycles. The molecule has 0 saturated carbocycles. The van der Waals surface area contributed by atoms with E-state index in [1.54, 1.807) is 6.07 Å². The molecule has 0 aliphatic rings. The zero-order valence-electron chi connectivity index (χ0n) is 6.38. The Morgan fingerprint density at radius 3 is 3.00 bits per heavy atom. The summed E-state index contributed by atoms with van der Waals surface area (Å²) in [5.74, 6) is -0.479. The second kappa shape index (κ2) is 3.20. The van der Waals surface area contributed by atoms with E-state index in [4.69, 9.17) is 0 Å². The maximum Gasteiger partial charge on any atom is 0.153 e. The molecule has 0 radical (unpaired) electrons. The van der Waals surface area contributed by atoms with Gasteiger partial charge in [-0.15, -0.1) is 11.3 Å². The van der Waals surface area contributed by atoms with Crippen molar-refractivity contribution < 1.29 is 9.18 Å². The van der Waals surface area contributed by atoms with E-state index in [0.717, 1.165) is 4.70 Å². The van der Waals surface area contributed by atoms with E-state index in [9.17, 15) is 9.18 Å². The molecule has 0 fully saturated rings. The molecular formula is C9H4BrFOS. The van der Waals surface area contributed by atoms with Crippen LogP contribution in [0.25, 0.3) is 10.1 Å². The molecular weight excluding hydrogens is 255 g/mol. The molecule has 0 unspecified atom stereocenters. The molecule has 0 spiro atoms. The molecule has 4 heteroatoms. The first-order valence-electron chi connectivity index (χ1n) is 3.54. The zero-order valence-corrected chi connectivity index (χ0v) is 8.78. The topological polar surface area (TPSA) is 17.1 Å². The van der Waals surface area contributed by atoms with Gasteiger partial charge in [0.05, 0.1) is 5.56 Å². The fraction of sp³-hybridized carbons (Fsp3) is 0. The normalized spacial score (nSPS) is 10.6. The van der Waals surface area contributed by atoms with Crippen molar-refractivity contribution in [1.29, 1.82) is 0 Å². The Balaban J connectivity index is 2.96. The number of aldehydes is 1. The minimum atomic E-state index is -0.479. The van der Waals surface area contributed by atoms with E-state index in [1.807, 2.05) is 5.38 Å². The predicted molar refractivity (Wildman–Crippen MR) is 54.9 cm³/mol. The van der Waals surface area contributed by atoms with Gasteiger partial charge >= 0.3 is 0 Å². The third-order valence-corrected chi connectivity index (χ3v) is 3.64. The number of carbonyl (C=O) groups is 1. The van der Waals surface area contributed by atoms with Crippen LogP contribution in [0.1, 0.15) is 10.4 Å². The number of hydrogen-bond donors (Lipinski definition) is 0. The monoisotopic (exact) mass is 258 g/mol. The first-order valence-corrected chi connectivity index (χ1v) is 5.21. The molecule has 0 aliphatic carbocycles. The molecule has 0 amide bonds. The van der Waals surface area contributed by atoms with Crippen LogP contribution >= 0.6 is 27.3 Å². The number of hydrogen-bond acceptors (Lipinski definition) is 2. The van der Waals surface area contributed by atoms with E-state index in [2.05, 4.69) is 15.9 Å². The number of rotatable bonds is 1. The van der Waals surface area contributed by atoms with Crippen LogP contribution in [0.2, 0.25) is 0 Å². The van der Waals surface area contributed by atoms with Crippen LogP contribution in [0.5, 0.6) is 0 Å². The largest absolute Gasteiger partial charge is 0.298 e. The highest BCUT2D eigenvalue weighted by Gasteiger charge is 2.10. The van der Waals surface area contributed by atoms with Crippen molar-refractivity contribution in [2.75, 3.05) is 0 Å². The van der Waals surface area contributed by atoms with Crippen molar-refractivity contribution in [2.24, 2.45) is 0 Å². The minimum absolute atomic E-state index is 0.138. The van der Waals surface area contributed by atoms with Gasteiger partial charge in [0, 0.05) is 14.6 Å². The van der Waals surface area contributed by atoms with Crippen molar-refractivity contribution in [3.63, 3.8) is 0 Å². The summed E-state index contributed by atoms with van der Waals surface area (Å²) >= 11 is 4.72. The van der Waals surface area contributed by atoms with Crippen molar-refractivity contribution in [3.05, 3.63) is 33.4 Å². The number of thiophene rings is 1. The van der Waals surface area contributed by atoms with Gasteiger partial charge < -0.3 is 0 Å². The molecule has 1 heterocycles. The van der Waals surface area contributed by atoms with E-state index in [1.165, 1.54) is 17.4 Å². The Morgan fingerprint density at radius 2 is 2.31 bits per heavy atom. The van der Waals surface area contributed by atoms with Crippen LogP contribution in [-0.4, -0.2) is 6.29 Å². The molecule has 1 aromatic carbocycles. The van der Waals surface area contributed by atoms with Crippen LogP contribution < -0.4 is 0 Å². The van der Waals surface area contributed by atoms with Crippen LogP contribution in [-0.2, 0) is 0 Å². The Bertz CT molecular complexity index is 478. The zero-order chi connectivity index (χ0) is 9.42. The number of halogens is 2. The Kier molecular flexibility index (Phi) is 2.17. The van der Waals surface area contributed by atoms with Gasteiger partial charge in [-0.05, 0) is 33.4 Å². The molecule has 13 heavy (non-hydrogen) atoms. The summed E-state index contributed by atoms with van der Waals surface area (Å²) in [4.78, 5) is 10.6. The molecule has 0 N–H and O–H groups in total. The standard InChI is InChI=1S/C9H4BrFOS/c10-7-3-8(11)6(4-12)5-1-2-13-9(5)7/h1-4H. The van der Waals surface area contributed by atoms with E-state index < -0.39 is 5.82 Å². The Labute approximate surface area is 86.3 Å². The molecule has 1 aromatic heterocycles. The Hall–Kier alpha value is -0.740. The third-order valence-electron chi connectivity index (χ3n) is 1.80. The van der Waals surface area contributed by atoms with Crippen molar-refractivity contribution in [2.45, 2.75) is 0 Å². The second-order valence-corrected chi connectivity index (χ2v) is 4.31. The van der Waals surface area contributed by atoms with Crippen LogP contribution in [0.4, 0.5) is 4.39 Å². The van der Waals surface area contributed by atoms with E-state index >= 15 is 0 Å². The summed E-state index contributed by atoms with van der Waals surface area (Å²) in [6.45, 7) is 0. The highest BCUT2D eigenvalue weighted by molar-refractivity contribution is 9.10. The van der Waals surface area contributed by atoms with E-state index in [-0.39, 0.29) is 5.56 Å². The Morgan fingerprint density at radius 1 is 1.54 bits per heavy atom. The maximum atomic E-state index is 13.2. The third kappa shape index (κ3) is 1.30. The van der Waals surface area contributed by atoms with Crippen molar-refractivity contribution >= 4 is 43.6 Å². The summed E-state index contributed by atoms with van der Waals surface area (Å²) in [5.41, 5.74) is 0.138. The second-order valence-electron chi connectivity index (χ2n) is 2.54. The molecule has 1 nitrogen and oxygen atoms in total. The average Bonchev–Trinajstić information content (AvgIpc) is 2.53. The first kappa shape index (κ1) is 8.84. The minimum Gasteiger partial charge on any atom is -0.298 e. The predicted octanol–water partition coefficient (Wildman–Crippen LogP) is 3.62. The average molecular weight is 259 g/mol. The van der Waals surface area contributed by atoms with Crippen LogP contribution in [0, 0.1) is 5.82 Å². The molecule has 0 atom stereocenters. The van der Waals surface area contributed by atoms with Gasteiger partial charge in [0.15, 0.2) is 6.29 Å². The molecule has 2 aromatic rings. The first-order chi connectivity index (χ1) is 6.24. The lowest BCUT2D eigenvalue weighted by Gasteiger charge is -1.98. The summed E-state index contributed by atoms with van der Waals surface area (Å²) in [6, 6.07) is 3.07. The lowest BCUT2D eigenvalue weighted by molar-refractivity contribution is 0.112. The lowest BCUT2D eigenvalue weighted by Crippen LogP contribution is -1.87. The van der Waals surface area contributed by atoms with Gasteiger partial charge in [0.2, 0.25) is 0 Å². The molecule has 2 rings (SSSR count). The van der Waals surface area contributed by atoms with Gasteiger partial charge in [-0.25, -0.2) is 4.39 Å². The fourth-order valence-corrected chi connectivity index (χ4v) is 2.72. The summed E-state index contributed by atoms with van der Waals surface area (Å²) in [5, 5.41) is 2.51. The number of fused-ring (bicyclic) bond motifs is 1.